The molecule has 5 heteroatoms. The molecule has 0 fully saturated rings. The summed E-state index contributed by atoms with van der Waals surface area (Å²) in [6, 6.07) is 0. The van der Waals surface area contributed by atoms with E-state index in [9.17, 15) is 9.59 Å². The number of carbonyl (C=O) groups is 2. The zero-order valence-corrected chi connectivity index (χ0v) is 12.8. The molecule has 0 radical (unpaired) electrons. The normalized spacial score (nSPS) is 12.1. The van der Waals surface area contributed by atoms with Crippen molar-refractivity contribution >= 4 is 11.8 Å². The summed E-state index contributed by atoms with van der Waals surface area (Å²) in [6.07, 6.45) is 3.15. The van der Waals surface area contributed by atoms with Crippen molar-refractivity contribution in [1.29, 1.82) is 0 Å². The van der Waals surface area contributed by atoms with E-state index in [-0.39, 0.29) is 18.4 Å². The van der Waals surface area contributed by atoms with Gasteiger partial charge in [0.25, 0.3) is 0 Å². The average Bonchev–Trinajstić information content (AvgIpc) is 2.35. The van der Waals surface area contributed by atoms with Crippen LogP contribution in [0.1, 0.15) is 39.5 Å². The molecule has 0 aliphatic carbocycles. The van der Waals surface area contributed by atoms with Gasteiger partial charge in [-0.1, -0.05) is 13.8 Å². The summed E-state index contributed by atoms with van der Waals surface area (Å²) in [5, 5.41) is 0. The minimum absolute atomic E-state index is 0.0307. The van der Waals surface area contributed by atoms with Gasteiger partial charge in [-0.25, -0.2) is 0 Å². The number of nitrogens with zero attached hydrogens (tertiary/aromatic N) is 2. The van der Waals surface area contributed by atoms with Crippen LogP contribution in [0.3, 0.4) is 0 Å². The molecule has 5 nitrogen and oxygen atoms in total. The maximum atomic E-state index is 12.1. The van der Waals surface area contributed by atoms with E-state index < -0.39 is 0 Å². The molecule has 0 aromatic heterocycles. The largest absolute Gasteiger partial charge is 0.347 e. The topological polar surface area (TPSA) is 66.6 Å². The molecule has 0 aliphatic heterocycles. The zero-order valence-electron chi connectivity index (χ0n) is 12.8. The quantitative estimate of drug-likeness (QED) is 0.682. The summed E-state index contributed by atoms with van der Waals surface area (Å²) in [7, 11) is 3.42. The van der Waals surface area contributed by atoms with Crippen molar-refractivity contribution in [3.05, 3.63) is 0 Å². The smallest absolute Gasteiger partial charge is 0.241 e. The Kier molecular flexibility index (Phi) is 9.21. The molecule has 0 saturated heterocycles. The number of rotatable bonds is 9. The highest BCUT2D eigenvalue weighted by Crippen LogP contribution is 2.11. The lowest BCUT2D eigenvalue weighted by molar-refractivity contribution is -0.139. The molecule has 0 rings (SSSR count). The van der Waals surface area contributed by atoms with E-state index in [1.54, 1.807) is 19.0 Å². The van der Waals surface area contributed by atoms with E-state index in [0.717, 1.165) is 19.3 Å². The Hall–Kier alpha value is -1.10. The molecule has 0 aromatic rings. The molecular weight excluding hydrogens is 242 g/mol. The van der Waals surface area contributed by atoms with E-state index in [0.29, 0.717) is 25.4 Å². The lowest BCUT2D eigenvalue weighted by atomic mass is 10.0. The highest BCUT2D eigenvalue weighted by atomic mass is 16.2. The highest BCUT2D eigenvalue weighted by Gasteiger charge is 2.17. The van der Waals surface area contributed by atoms with Crippen LogP contribution in [0.5, 0.6) is 0 Å². The third kappa shape index (κ3) is 7.82. The van der Waals surface area contributed by atoms with Gasteiger partial charge in [0, 0.05) is 27.1 Å². The molecule has 0 spiro atoms. The highest BCUT2D eigenvalue weighted by molar-refractivity contribution is 5.84. The van der Waals surface area contributed by atoms with E-state index in [2.05, 4.69) is 6.92 Å². The number of nitrogens with two attached hydrogens (primary N) is 1. The fourth-order valence-electron chi connectivity index (χ4n) is 1.82. The Morgan fingerprint density at radius 1 is 1.16 bits per heavy atom. The van der Waals surface area contributed by atoms with E-state index in [4.69, 9.17) is 5.73 Å². The van der Waals surface area contributed by atoms with Crippen LogP contribution >= 0.6 is 0 Å². The summed E-state index contributed by atoms with van der Waals surface area (Å²) in [6.45, 7) is 5.61. The van der Waals surface area contributed by atoms with Gasteiger partial charge in [0.2, 0.25) is 11.8 Å². The maximum Gasteiger partial charge on any atom is 0.241 e. The molecule has 0 aliphatic rings. The molecule has 0 bridgehead atoms. The molecular formula is C14H29N3O2. The predicted octanol–water partition coefficient (Wildman–Crippen LogP) is 1.08. The SMILES string of the molecule is CCCN(CC(=O)N(C)C)C(=O)CCC(C)CCN. The summed E-state index contributed by atoms with van der Waals surface area (Å²) in [5.41, 5.74) is 5.50. The second kappa shape index (κ2) is 9.78. The molecule has 0 heterocycles. The lowest BCUT2D eigenvalue weighted by Crippen LogP contribution is -2.40. The van der Waals surface area contributed by atoms with Crippen LogP contribution in [0, 0.1) is 5.92 Å². The number of carbonyl (C=O) groups excluding carboxylic acids is 2. The van der Waals surface area contributed by atoms with Crippen LogP contribution in [-0.2, 0) is 9.59 Å². The number of amides is 2. The zero-order chi connectivity index (χ0) is 14.8. The third-order valence-corrected chi connectivity index (χ3v) is 3.18. The molecule has 1 atom stereocenters. The first kappa shape index (κ1) is 17.9. The summed E-state index contributed by atoms with van der Waals surface area (Å²) in [4.78, 5) is 27.0. The van der Waals surface area contributed by atoms with Crippen molar-refractivity contribution in [2.45, 2.75) is 39.5 Å². The Balaban J connectivity index is 4.29. The van der Waals surface area contributed by atoms with E-state index in [1.807, 2.05) is 6.92 Å². The van der Waals surface area contributed by atoms with Gasteiger partial charge in [0.05, 0.1) is 6.54 Å². The van der Waals surface area contributed by atoms with Gasteiger partial charge < -0.3 is 15.5 Å². The van der Waals surface area contributed by atoms with E-state index in [1.165, 1.54) is 4.90 Å². The van der Waals surface area contributed by atoms with Crippen LogP contribution in [0.2, 0.25) is 0 Å². The maximum absolute atomic E-state index is 12.1. The molecule has 19 heavy (non-hydrogen) atoms. The number of hydrogen-bond donors (Lipinski definition) is 1. The van der Waals surface area contributed by atoms with Crippen LogP contribution in [-0.4, -0.2) is 55.3 Å². The first-order chi connectivity index (χ1) is 8.92. The van der Waals surface area contributed by atoms with Crippen LogP contribution in [0.4, 0.5) is 0 Å². The number of hydrogen-bond acceptors (Lipinski definition) is 3. The monoisotopic (exact) mass is 271 g/mol. The lowest BCUT2D eigenvalue weighted by Gasteiger charge is -2.24. The molecule has 2 N–H and O–H groups in total. The van der Waals surface area contributed by atoms with Crippen molar-refractivity contribution in [3.8, 4) is 0 Å². The van der Waals surface area contributed by atoms with Gasteiger partial charge in [0.15, 0.2) is 0 Å². The summed E-state index contributed by atoms with van der Waals surface area (Å²) in [5.74, 6) is 0.500. The Bertz CT molecular complexity index is 280. The molecule has 112 valence electrons. The van der Waals surface area contributed by atoms with Crippen LogP contribution in [0.25, 0.3) is 0 Å². The molecule has 2 amide bonds. The second-order valence-electron chi connectivity index (χ2n) is 5.32. The Morgan fingerprint density at radius 3 is 2.26 bits per heavy atom. The first-order valence-corrected chi connectivity index (χ1v) is 7.10. The third-order valence-electron chi connectivity index (χ3n) is 3.18. The Labute approximate surface area is 117 Å². The number of likely N-dealkylation sites (N-methyl/N-ethyl adjacent to an activating group) is 1. The fourth-order valence-corrected chi connectivity index (χ4v) is 1.82. The predicted molar refractivity (Wildman–Crippen MR) is 77.6 cm³/mol. The second-order valence-corrected chi connectivity index (χ2v) is 5.32. The molecule has 0 aromatic carbocycles. The van der Waals surface area contributed by atoms with Crippen molar-refractivity contribution in [2.75, 3.05) is 33.7 Å². The van der Waals surface area contributed by atoms with Crippen molar-refractivity contribution in [1.82, 2.24) is 9.80 Å². The average molecular weight is 271 g/mol. The summed E-state index contributed by atoms with van der Waals surface area (Å²) < 4.78 is 0. The van der Waals surface area contributed by atoms with Crippen molar-refractivity contribution in [2.24, 2.45) is 11.7 Å². The van der Waals surface area contributed by atoms with Gasteiger partial charge >= 0.3 is 0 Å². The standard InChI is InChI=1S/C14H29N3O2/c1-5-10-17(11-14(19)16(3)4)13(18)7-6-12(2)8-9-15/h12H,5-11,15H2,1-4H3. The summed E-state index contributed by atoms with van der Waals surface area (Å²) >= 11 is 0. The molecule has 1 unspecified atom stereocenters. The molecule has 0 saturated carbocycles. The van der Waals surface area contributed by atoms with Crippen molar-refractivity contribution < 1.29 is 9.59 Å². The fraction of sp³-hybridized carbons (Fsp3) is 0.857. The van der Waals surface area contributed by atoms with Crippen LogP contribution < -0.4 is 5.73 Å². The van der Waals surface area contributed by atoms with Crippen LogP contribution in [0.15, 0.2) is 0 Å². The van der Waals surface area contributed by atoms with Gasteiger partial charge in [-0.3, -0.25) is 9.59 Å². The Morgan fingerprint density at radius 2 is 1.79 bits per heavy atom. The van der Waals surface area contributed by atoms with E-state index >= 15 is 0 Å². The minimum Gasteiger partial charge on any atom is -0.347 e. The minimum atomic E-state index is -0.0307. The first-order valence-electron chi connectivity index (χ1n) is 7.10. The van der Waals surface area contributed by atoms with Gasteiger partial charge in [-0.15, -0.1) is 0 Å². The van der Waals surface area contributed by atoms with Gasteiger partial charge in [-0.2, -0.15) is 0 Å². The van der Waals surface area contributed by atoms with Crippen molar-refractivity contribution in [3.63, 3.8) is 0 Å². The van der Waals surface area contributed by atoms with Gasteiger partial charge in [-0.05, 0) is 31.7 Å². The van der Waals surface area contributed by atoms with Gasteiger partial charge in [0.1, 0.15) is 0 Å².